The molecule has 0 saturated carbocycles. The zero-order valence-corrected chi connectivity index (χ0v) is 31.7. The van der Waals surface area contributed by atoms with Crippen LogP contribution in [0.4, 0.5) is 4.39 Å². The monoisotopic (exact) mass is 847 g/mol. The largest absolute Gasteiger partial charge is 0.501 e. The smallest absolute Gasteiger partial charge is 0.131 e. The van der Waals surface area contributed by atoms with E-state index >= 15 is 0 Å². The SMILES string of the molecule is C[Si](C)(C)c1ccc(-c2[c-]cccc2)nc1.Cc1cc(-c2[c-]ccc3c2oc2cc(-c4ccccc4F)ccc23)ncc1-c1ccccc1.[Ir]. The van der Waals surface area contributed by atoms with Crippen LogP contribution in [0.5, 0.6) is 0 Å². The van der Waals surface area contributed by atoms with Crippen molar-refractivity contribution in [3.8, 4) is 44.8 Å². The van der Waals surface area contributed by atoms with Crippen molar-refractivity contribution < 1.29 is 28.9 Å². The number of furan rings is 1. The number of aryl methyl sites for hydroxylation is 1. The maximum atomic E-state index is 14.3. The third-order valence-corrected chi connectivity index (χ3v) is 10.7. The van der Waals surface area contributed by atoms with E-state index in [0.29, 0.717) is 11.1 Å². The van der Waals surface area contributed by atoms with Crippen molar-refractivity contribution in [3.63, 3.8) is 0 Å². The number of rotatable bonds is 5. The van der Waals surface area contributed by atoms with Crippen LogP contribution in [0, 0.1) is 24.9 Å². The van der Waals surface area contributed by atoms with Gasteiger partial charge in [0.05, 0.1) is 13.7 Å². The van der Waals surface area contributed by atoms with Gasteiger partial charge in [0.25, 0.3) is 0 Å². The number of benzene rings is 5. The minimum absolute atomic E-state index is 0. The van der Waals surface area contributed by atoms with Gasteiger partial charge in [-0.05, 0) is 52.3 Å². The van der Waals surface area contributed by atoms with Gasteiger partial charge < -0.3 is 14.4 Å². The molecular formula is C44H35FIrN2OSi-2. The Labute approximate surface area is 307 Å². The van der Waals surface area contributed by atoms with Gasteiger partial charge >= 0.3 is 0 Å². The summed E-state index contributed by atoms with van der Waals surface area (Å²) in [5.41, 5.74) is 9.85. The molecule has 5 aromatic carbocycles. The predicted octanol–water partition coefficient (Wildman–Crippen LogP) is 11.3. The van der Waals surface area contributed by atoms with Gasteiger partial charge in [-0.25, -0.2) is 4.39 Å². The van der Waals surface area contributed by atoms with Crippen molar-refractivity contribution in [2.45, 2.75) is 26.6 Å². The van der Waals surface area contributed by atoms with E-state index in [-0.39, 0.29) is 25.9 Å². The van der Waals surface area contributed by atoms with Gasteiger partial charge in [0.15, 0.2) is 0 Å². The van der Waals surface area contributed by atoms with E-state index in [0.717, 1.165) is 61.1 Å². The Balaban J connectivity index is 0.000000215. The molecule has 0 spiro atoms. The van der Waals surface area contributed by atoms with Gasteiger partial charge in [-0.15, -0.1) is 54.1 Å². The van der Waals surface area contributed by atoms with Crippen molar-refractivity contribution in [2.75, 3.05) is 0 Å². The molecule has 0 saturated heterocycles. The fraction of sp³-hybridized carbons (Fsp3) is 0.0909. The van der Waals surface area contributed by atoms with Gasteiger partial charge in [0.1, 0.15) is 11.4 Å². The minimum atomic E-state index is -1.23. The topological polar surface area (TPSA) is 38.9 Å². The molecule has 0 amide bonds. The molecule has 6 heteroatoms. The average molecular weight is 847 g/mol. The molecule has 0 bridgehead atoms. The van der Waals surface area contributed by atoms with E-state index in [4.69, 9.17) is 9.40 Å². The first-order valence-corrected chi connectivity index (χ1v) is 19.8. The molecule has 3 heterocycles. The van der Waals surface area contributed by atoms with E-state index in [1.54, 1.807) is 12.1 Å². The molecule has 3 aromatic heterocycles. The number of halogens is 1. The quantitative estimate of drug-likeness (QED) is 0.128. The zero-order chi connectivity index (χ0) is 34.0. The van der Waals surface area contributed by atoms with Crippen molar-refractivity contribution in [1.29, 1.82) is 0 Å². The molecule has 0 aliphatic rings. The van der Waals surface area contributed by atoms with Crippen LogP contribution in [0.15, 0.2) is 144 Å². The Hall–Kier alpha value is -5.00. The van der Waals surface area contributed by atoms with E-state index in [1.165, 1.54) is 11.3 Å². The molecule has 0 unspecified atom stereocenters. The Morgan fingerprint density at radius 3 is 2.10 bits per heavy atom. The fourth-order valence-electron chi connectivity index (χ4n) is 5.96. The van der Waals surface area contributed by atoms with Crippen LogP contribution in [0.25, 0.3) is 66.7 Å². The Morgan fingerprint density at radius 2 is 1.40 bits per heavy atom. The van der Waals surface area contributed by atoms with Crippen LogP contribution in [-0.2, 0) is 20.1 Å². The van der Waals surface area contributed by atoms with E-state index in [2.05, 4.69) is 74.0 Å². The Bertz CT molecular complexity index is 2390. The first-order chi connectivity index (χ1) is 23.8. The fourth-order valence-corrected chi connectivity index (χ4v) is 6.99. The second-order valence-electron chi connectivity index (χ2n) is 13.1. The maximum absolute atomic E-state index is 14.3. The van der Waals surface area contributed by atoms with Gasteiger partial charge in [-0.1, -0.05) is 109 Å². The van der Waals surface area contributed by atoms with Crippen molar-refractivity contribution >= 4 is 35.2 Å². The number of fused-ring (bicyclic) bond motifs is 3. The second kappa shape index (κ2) is 14.9. The summed E-state index contributed by atoms with van der Waals surface area (Å²) < 4.78 is 20.6. The van der Waals surface area contributed by atoms with Crippen LogP contribution in [0.1, 0.15) is 5.56 Å². The van der Waals surface area contributed by atoms with Crippen molar-refractivity contribution in [2.24, 2.45) is 0 Å². The summed E-state index contributed by atoms with van der Waals surface area (Å²) in [6.07, 6.45) is 3.92. The molecule has 0 fully saturated rings. The van der Waals surface area contributed by atoms with Gasteiger partial charge in [-0.3, -0.25) is 0 Å². The molecule has 3 nitrogen and oxygen atoms in total. The predicted molar refractivity (Wildman–Crippen MR) is 203 cm³/mol. The molecule has 8 rings (SSSR count). The molecule has 50 heavy (non-hydrogen) atoms. The Kier molecular flexibility index (Phi) is 10.4. The maximum Gasteiger partial charge on any atom is 0.131 e. The zero-order valence-electron chi connectivity index (χ0n) is 28.3. The van der Waals surface area contributed by atoms with E-state index in [1.807, 2.05) is 91.3 Å². The van der Waals surface area contributed by atoms with Crippen LogP contribution < -0.4 is 5.19 Å². The first kappa shape index (κ1) is 34.8. The molecular weight excluding hydrogens is 812 g/mol. The summed E-state index contributed by atoms with van der Waals surface area (Å²) in [4.78, 5) is 9.26. The first-order valence-electron chi connectivity index (χ1n) is 16.3. The number of hydrogen-bond acceptors (Lipinski definition) is 3. The number of pyridine rings is 2. The van der Waals surface area contributed by atoms with E-state index in [9.17, 15) is 4.39 Å². The molecule has 0 N–H and O–H groups in total. The molecule has 0 aliphatic carbocycles. The normalized spacial score (nSPS) is 11.1. The molecule has 1 radical (unpaired) electrons. The van der Waals surface area contributed by atoms with Crippen LogP contribution in [0.3, 0.4) is 0 Å². The van der Waals surface area contributed by atoms with Crippen LogP contribution in [-0.4, -0.2) is 18.0 Å². The van der Waals surface area contributed by atoms with Gasteiger partial charge in [-0.2, -0.15) is 0 Å². The summed E-state index contributed by atoms with van der Waals surface area (Å²) in [5.74, 6) is -0.250. The molecule has 0 aliphatic heterocycles. The van der Waals surface area contributed by atoms with Crippen LogP contribution >= 0.6 is 0 Å². The number of hydrogen-bond donors (Lipinski definition) is 0. The van der Waals surface area contributed by atoms with Gasteiger partial charge in [0, 0.05) is 49.0 Å². The number of nitrogens with zero attached hydrogens (tertiary/aromatic N) is 2. The van der Waals surface area contributed by atoms with Crippen LogP contribution in [0.2, 0.25) is 19.6 Å². The molecule has 249 valence electrons. The second-order valence-corrected chi connectivity index (χ2v) is 18.2. The minimum Gasteiger partial charge on any atom is -0.501 e. The summed E-state index contributed by atoms with van der Waals surface area (Å²) in [7, 11) is -1.23. The summed E-state index contributed by atoms with van der Waals surface area (Å²) >= 11 is 0. The Morgan fingerprint density at radius 1 is 0.640 bits per heavy atom. The number of aromatic nitrogens is 2. The standard InChI is InChI=1S/C30H19FNO.C14H16NSi.Ir/c1-19-16-28(32-18-26(19)20-8-3-2-4-9-20)25-12-7-11-24-23-15-14-21(17-29(23)33-30(24)25)22-10-5-6-13-27(22)31;1-16(2,3)13-9-10-14(15-11-13)12-7-5-4-6-8-12;/h2-11,13-18H,1H3;4-7,9-11H,1-3H3;/q2*-1;. The average Bonchev–Trinajstić information content (AvgIpc) is 3.51. The molecule has 8 aromatic rings. The summed E-state index contributed by atoms with van der Waals surface area (Å²) in [5, 5.41) is 3.37. The third kappa shape index (κ3) is 7.29. The summed E-state index contributed by atoms with van der Waals surface area (Å²) in [6, 6.07) is 47.6. The third-order valence-electron chi connectivity index (χ3n) is 8.68. The molecule has 0 atom stereocenters. The van der Waals surface area contributed by atoms with E-state index < -0.39 is 8.07 Å². The van der Waals surface area contributed by atoms with Gasteiger partial charge in [0.2, 0.25) is 0 Å². The van der Waals surface area contributed by atoms with Crippen molar-refractivity contribution in [3.05, 3.63) is 163 Å². The summed E-state index contributed by atoms with van der Waals surface area (Å²) in [6.45, 7) is 9.09. The van der Waals surface area contributed by atoms with Crippen molar-refractivity contribution in [1.82, 2.24) is 9.97 Å².